The molecule has 0 saturated heterocycles. The third-order valence-electron chi connectivity index (χ3n) is 3.97. The Morgan fingerprint density at radius 2 is 1.90 bits per heavy atom. The van der Waals surface area contributed by atoms with Gasteiger partial charge in [-0.2, -0.15) is 0 Å². The summed E-state index contributed by atoms with van der Waals surface area (Å²) in [6.07, 6.45) is 2.37. The van der Waals surface area contributed by atoms with E-state index in [9.17, 15) is 0 Å². The van der Waals surface area contributed by atoms with Crippen molar-refractivity contribution in [3.05, 3.63) is 29.8 Å². The van der Waals surface area contributed by atoms with Crippen molar-refractivity contribution in [2.24, 2.45) is 5.92 Å². The van der Waals surface area contributed by atoms with Gasteiger partial charge in [-0.1, -0.05) is 45.4 Å². The van der Waals surface area contributed by atoms with Gasteiger partial charge in [0, 0.05) is 24.7 Å². The predicted octanol–water partition coefficient (Wildman–Crippen LogP) is 3.71. The fourth-order valence-electron chi connectivity index (χ4n) is 2.59. The first-order chi connectivity index (χ1) is 10.1. The van der Waals surface area contributed by atoms with Crippen LogP contribution in [0.1, 0.15) is 45.2 Å². The van der Waals surface area contributed by atoms with Gasteiger partial charge in [0.05, 0.1) is 7.11 Å². The molecule has 0 spiro atoms. The fraction of sp³-hybridized carbons (Fsp3) is 0.667. The first kappa shape index (κ1) is 18.0. The number of methoxy groups -OCH3 is 1. The molecule has 21 heavy (non-hydrogen) atoms. The van der Waals surface area contributed by atoms with Crippen molar-refractivity contribution in [1.82, 2.24) is 10.2 Å². The van der Waals surface area contributed by atoms with Crippen LogP contribution < -0.4 is 10.1 Å². The van der Waals surface area contributed by atoms with Gasteiger partial charge >= 0.3 is 0 Å². The van der Waals surface area contributed by atoms with Crippen molar-refractivity contribution >= 4 is 0 Å². The van der Waals surface area contributed by atoms with E-state index < -0.39 is 0 Å². The van der Waals surface area contributed by atoms with Crippen LogP contribution in [0.3, 0.4) is 0 Å². The minimum Gasteiger partial charge on any atom is -0.496 e. The van der Waals surface area contributed by atoms with E-state index >= 15 is 0 Å². The van der Waals surface area contributed by atoms with Crippen LogP contribution in [0, 0.1) is 5.92 Å². The SMILES string of the molecule is CCCNC(CN(C)CC(C)CC)c1ccccc1OC. The minimum absolute atomic E-state index is 0.315. The second-order valence-corrected chi connectivity index (χ2v) is 5.98. The molecule has 3 heteroatoms. The molecule has 0 heterocycles. The third kappa shape index (κ3) is 6.06. The van der Waals surface area contributed by atoms with Crippen LogP contribution in [0.25, 0.3) is 0 Å². The highest BCUT2D eigenvalue weighted by atomic mass is 16.5. The number of likely N-dealkylation sites (N-methyl/N-ethyl adjacent to an activating group) is 1. The van der Waals surface area contributed by atoms with Gasteiger partial charge in [0.2, 0.25) is 0 Å². The maximum Gasteiger partial charge on any atom is 0.123 e. The van der Waals surface area contributed by atoms with Gasteiger partial charge in [-0.25, -0.2) is 0 Å². The number of ether oxygens (including phenoxy) is 1. The summed E-state index contributed by atoms with van der Waals surface area (Å²) in [5.74, 6) is 1.71. The standard InChI is InChI=1S/C18H32N2O/c1-6-12-19-17(14-20(4)13-15(3)7-2)16-10-8-9-11-18(16)21-5/h8-11,15,17,19H,6-7,12-14H2,1-5H3. The van der Waals surface area contributed by atoms with E-state index in [0.29, 0.717) is 6.04 Å². The molecule has 0 saturated carbocycles. The van der Waals surface area contributed by atoms with Gasteiger partial charge in [-0.15, -0.1) is 0 Å². The van der Waals surface area contributed by atoms with Crippen molar-refractivity contribution in [2.45, 2.75) is 39.7 Å². The average molecular weight is 292 g/mol. The van der Waals surface area contributed by atoms with Crippen molar-refractivity contribution in [2.75, 3.05) is 33.8 Å². The Hall–Kier alpha value is -1.06. The van der Waals surface area contributed by atoms with Crippen molar-refractivity contribution in [1.29, 1.82) is 0 Å². The second-order valence-electron chi connectivity index (χ2n) is 5.98. The third-order valence-corrected chi connectivity index (χ3v) is 3.97. The quantitative estimate of drug-likeness (QED) is 0.711. The predicted molar refractivity (Wildman–Crippen MR) is 91.0 cm³/mol. The molecule has 0 radical (unpaired) electrons. The van der Waals surface area contributed by atoms with Crippen LogP contribution in [0.2, 0.25) is 0 Å². The maximum atomic E-state index is 5.53. The number of nitrogens with zero attached hydrogens (tertiary/aromatic N) is 1. The Balaban J connectivity index is 2.79. The molecule has 0 aliphatic carbocycles. The van der Waals surface area contributed by atoms with E-state index in [1.165, 1.54) is 12.0 Å². The van der Waals surface area contributed by atoms with Crippen LogP contribution in [0.5, 0.6) is 5.75 Å². The Morgan fingerprint density at radius 1 is 1.19 bits per heavy atom. The Labute approximate surface area is 130 Å². The zero-order chi connectivity index (χ0) is 15.7. The largest absolute Gasteiger partial charge is 0.496 e. The molecule has 1 aromatic rings. The first-order valence-electron chi connectivity index (χ1n) is 8.17. The summed E-state index contributed by atoms with van der Waals surface area (Å²) in [5, 5.41) is 3.66. The van der Waals surface area contributed by atoms with Crippen LogP contribution >= 0.6 is 0 Å². The molecule has 0 fully saturated rings. The molecule has 0 bridgehead atoms. The van der Waals surface area contributed by atoms with E-state index in [1.807, 2.05) is 12.1 Å². The molecule has 0 aliphatic rings. The zero-order valence-corrected chi connectivity index (χ0v) is 14.4. The zero-order valence-electron chi connectivity index (χ0n) is 14.4. The summed E-state index contributed by atoms with van der Waals surface area (Å²) in [6.45, 7) is 9.94. The van der Waals surface area contributed by atoms with Crippen LogP contribution in [0.4, 0.5) is 0 Å². The lowest BCUT2D eigenvalue weighted by Gasteiger charge is -2.28. The molecular weight excluding hydrogens is 260 g/mol. The molecular formula is C18H32N2O. The highest BCUT2D eigenvalue weighted by Gasteiger charge is 2.17. The normalized spacial score (nSPS) is 14.2. The topological polar surface area (TPSA) is 24.5 Å². The molecule has 1 aromatic carbocycles. The lowest BCUT2D eigenvalue weighted by atomic mass is 10.0. The molecule has 3 nitrogen and oxygen atoms in total. The molecule has 0 aromatic heterocycles. The van der Waals surface area contributed by atoms with Crippen molar-refractivity contribution in [3.8, 4) is 5.75 Å². The number of hydrogen-bond donors (Lipinski definition) is 1. The lowest BCUT2D eigenvalue weighted by Crippen LogP contribution is -2.35. The van der Waals surface area contributed by atoms with E-state index in [4.69, 9.17) is 4.74 Å². The van der Waals surface area contributed by atoms with Gasteiger partial charge in [-0.3, -0.25) is 0 Å². The second kappa shape index (κ2) is 9.80. The summed E-state index contributed by atoms with van der Waals surface area (Å²) in [7, 11) is 3.96. The first-order valence-corrected chi connectivity index (χ1v) is 8.17. The number of benzene rings is 1. The van der Waals surface area contributed by atoms with Crippen molar-refractivity contribution < 1.29 is 4.74 Å². The van der Waals surface area contributed by atoms with E-state index in [1.54, 1.807) is 7.11 Å². The Morgan fingerprint density at radius 3 is 2.52 bits per heavy atom. The van der Waals surface area contributed by atoms with Crippen LogP contribution in [-0.4, -0.2) is 38.7 Å². The molecule has 120 valence electrons. The molecule has 2 unspecified atom stereocenters. The minimum atomic E-state index is 0.315. The Kier molecular flexibility index (Phi) is 8.40. The molecule has 2 atom stereocenters. The van der Waals surface area contributed by atoms with Crippen LogP contribution in [0.15, 0.2) is 24.3 Å². The highest BCUT2D eigenvalue weighted by molar-refractivity contribution is 5.36. The number of para-hydroxylation sites is 1. The van der Waals surface area contributed by atoms with Gasteiger partial charge in [-0.05, 0) is 32.0 Å². The summed E-state index contributed by atoms with van der Waals surface area (Å²) >= 11 is 0. The fourth-order valence-corrected chi connectivity index (χ4v) is 2.59. The van der Waals surface area contributed by atoms with Gasteiger partial charge in [0.1, 0.15) is 5.75 Å². The van der Waals surface area contributed by atoms with Crippen molar-refractivity contribution in [3.63, 3.8) is 0 Å². The smallest absolute Gasteiger partial charge is 0.123 e. The molecule has 1 rings (SSSR count). The average Bonchev–Trinajstić information content (AvgIpc) is 2.51. The number of hydrogen-bond acceptors (Lipinski definition) is 3. The van der Waals surface area contributed by atoms with E-state index in [-0.39, 0.29) is 0 Å². The molecule has 0 aliphatic heterocycles. The van der Waals surface area contributed by atoms with Gasteiger partial charge in [0.15, 0.2) is 0 Å². The van der Waals surface area contributed by atoms with E-state index in [0.717, 1.165) is 37.7 Å². The molecule has 0 amide bonds. The monoisotopic (exact) mass is 292 g/mol. The molecule has 1 N–H and O–H groups in total. The van der Waals surface area contributed by atoms with Crippen LogP contribution in [-0.2, 0) is 0 Å². The maximum absolute atomic E-state index is 5.53. The summed E-state index contributed by atoms with van der Waals surface area (Å²) in [4.78, 5) is 2.42. The summed E-state index contributed by atoms with van der Waals surface area (Å²) in [6, 6.07) is 8.65. The Bertz CT molecular complexity index is 395. The summed E-state index contributed by atoms with van der Waals surface area (Å²) in [5.41, 5.74) is 1.25. The number of nitrogens with one attached hydrogen (secondary N) is 1. The highest BCUT2D eigenvalue weighted by Crippen LogP contribution is 2.25. The number of rotatable bonds is 10. The lowest BCUT2D eigenvalue weighted by molar-refractivity contribution is 0.250. The summed E-state index contributed by atoms with van der Waals surface area (Å²) < 4.78 is 5.53. The van der Waals surface area contributed by atoms with Gasteiger partial charge in [0.25, 0.3) is 0 Å². The van der Waals surface area contributed by atoms with E-state index in [2.05, 4.69) is 50.2 Å². The van der Waals surface area contributed by atoms with Gasteiger partial charge < -0.3 is 15.0 Å².